The second-order valence-electron chi connectivity index (χ2n) is 19.3. The molecule has 0 rings (SSSR count). The van der Waals surface area contributed by atoms with E-state index in [4.69, 9.17) is 0 Å². The maximum atomic E-state index is 12.6. The van der Waals surface area contributed by atoms with Gasteiger partial charge in [0.15, 0.2) is 0 Å². The molecule has 4 atom stereocenters. The van der Waals surface area contributed by atoms with Crippen LogP contribution in [0.5, 0.6) is 0 Å². The highest BCUT2D eigenvalue weighted by Crippen LogP contribution is 2.18. The molecular formula is C55H109NO5. The fourth-order valence-corrected chi connectivity index (χ4v) is 8.88. The van der Waals surface area contributed by atoms with Gasteiger partial charge in [0.1, 0.15) is 12.2 Å². The predicted molar refractivity (Wildman–Crippen MR) is 265 cm³/mol. The highest BCUT2D eigenvalue weighted by atomic mass is 16.3. The Morgan fingerprint density at radius 1 is 0.393 bits per heavy atom. The number of carbonyl (C=O) groups is 1. The van der Waals surface area contributed by atoms with Crippen LogP contribution in [0.1, 0.15) is 303 Å². The molecule has 61 heavy (non-hydrogen) atoms. The molecule has 0 saturated heterocycles. The zero-order chi connectivity index (χ0) is 44.5. The van der Waals surface area contributed by atoms with E-state index >= 15 is 0 Å². The lowest BCUT2D eigenvalue weighted by atomic mass is 10.00. The van der Waals surface area contributed by atoms with Crippen molar-refractivity contribution in [2.45, 2.75) is 327 Å². The van der Waals surface area contributed by atoms with Crippen molar-refractivity contribution < 1.29 is 25.2 Å². The van der Waals surface area contributed by atoms with Crippen LogP contribution in [0, 0.1) is 0 Å². The van der Waals surface area contributed by atoms with E-state index < -0.39 is 36.9 Å². The minimum absolute atomic E-state index is 0.368. The summed E-state index contributed by atoms with van der Waals surface area (Å²) in [6, 6.07) is -0.998. The van der Waals surface area contributed by atoms with Gasteiger partial charge >= 0.3 is 0 Å². The molecule has 364 valence electrons. The molecule has 0 fully saturated rings. The van der Waals surface area contributed by atoms with Crippen molar-refractivity contribution in [3.8, 4) is 0 Å². The van der Waals surface area contributed by atoms with E-state index in [-0.39, 0.29) is 0 Å². The zero-order valence-electron chi connectivity index (χ0n) is 41.2. The van der Waals surface area contributed by atoms with E-state index in [1.54, 1.807) is 0 Å². The lowest BCUT2D eigenvalue weighted by Gasteiger charge is -2.27. The van der Waals surface area contributed by atoms with Gasteiger partial charge in [-0.25, -0.2) is 0 Å². The Morgan fingerprint density at radius 2 is 0.672 bits per heavy atom. The first-order valence-electron chi connectivity index (χ1n) is 27.6. The Hall–Kier alpha value is -0.950. The number of hydrogen-bond donors (Lipinski definition) is 5. The molecule has 0 bridgehead atoms. The van der Waals surface area contributed by atoms with E-state index in [2.05, 4.69) is 31.3 Å². The number of aliphatic hydroxyl groups excluding tert-OH is 4. The number of hydrogen-bond acceptors (Lipinski definition) is 5. The van der Waals surface area contributed by atoms with Crippen molar-refractivity contribution in [1.29, 1.82) is 0 Å². The van der Waals surface area contributed by atoms with Gasteiger partial charge in [0, 0.05) is 0 Å². The Bertz CT molecular complexity index is 882. The maximum absolute atomic E-state index is 12.6. The Kier molecular flexibility index (Phi) is 49.3. The third-order valence-corrected chi connectivity index (χ3v) is 13.2. The molecule has 0 radical (unpaired) electrons. The number of rotatable bonds is 51. The third-order valence-electron chi connectivity index (χ3n) is 13.2. The van der Waals surface area contributed by atoms with Crippen LogP contribution in [0.3, 0.4) is 0 Å². The van der Waals surface area contributed by atoms with E-state index in [1.807, 2.05) is 0 Å². The van der Waals surface area contributed by atoms with Crippen LogP contribution in [0.4, 0.5) is 0 Å². The summed E-state index contributed by atoms with van der Waals surface area (Å²) >= 11 is 0. The van der Waals surface area contributed by atoms with E-state index in [9.17, 15) is 25.2 Å². The van der Waals surface area contributed by atoms with Gasteiger partial charge in [-0.15, -0.1) is 0 Å². The van der Waals surface area contributed by atoms with Crippen LogP contribution in [-0.4, -0.2) is 57.3 Å². The van der Waals surface area contributed by atoms with Gasteiger partial charge in [0.25, 0.3) is 0 Å². The zero-order valence-corrected chi connectivity index (χ0v) is 41.2. The van der Waals surface area contributed by atoms with Gasteiger partial charge in [0.2, 0.25) is 5.91 Å². The molecule has 0 aliphatic heterocycles. The first-order chi connectivity index (χ1) is 30.0. The molecule has 0 aliphatic carbocycles. The molecule has 0 aliphatic rings. The molecule has 5 N–H and O–H groups in total. The topological polar surface area (TPSA) is 110 Å². The third kappa shape index (κ3) is 44.1. The van der Waals surface area contributed by atoms with E-state index in [0.717, 1.165) is 38.5 Å². The van der Waals surface area contributed by atoms with Gasteiger partial charge < -0.3 is 25.7 Å². The molecule has 4 unspecified atom stereocenters. The lowest BCUT2D eigenvalue weighted by Crippen LogP contribution is -2.53. The van der Waals surface area contributed by atoms with Gasteiger partial charge in [-0.1, -0.05) is 276 Å². The van der Waals surface area contributed by atoms with Gasteiger partial charge in [-0.05, 0) is 38.5 Å². The second kappa shape index (κ2) is 50.1. The minimum atomic E-state index is -1.28. The van der Waals surface area contributed by atoms with Crippen molar-refractivity contribution in [2.24, 2.45) is 0 Å². The predicted octanol–water partition coefficient (Wildman–Crippen LogP) is 15.7. The van der Waals surface area contributed by atoms with Crippen LogP contribution in [0.15, 0.2) is 12.2 Å². The van der Waals surface area contributed by atoms with Crippen molar-refractivity contribution >= 4 is 5.91 Å². The molecular weight excluding hydrogens is 755 g/mol. The summed E-state index contributed by atoms with van der Waals surface area (Å²) in [5.74, 6) is -0.587. The van der Waals surface area contributed by atoms with Crippen LogP contribution >= 0.6 is 0 Å². The highest BCUT2D eigenvalue weighted by Gasteiger charge is 2.28. The normalized spacial score (nSPS) is 13.9. The standard InChI is InChI=1S/C55H109NO5/c1-3-5-7-9-11-13-15-17-19-21-23-24-25-26-27-28-29-30-31-33-34-36-38-40-42-44-46-48-52(58)54(60)51(50-57)56-55(61)53(59)49-47-45-43-41-39-37-35-32-22-20-18-16-14-12-10-8-6-4-2/h40,42,51-54,57-60H,3-39,41,43-50H2,1-2H3,(H,56,61)/b42-40+. The van der Waals surface area contributed by atoms with Crippen LogP contribution < -0.4 is 5.32 Å². The van der Waals surface area contributed by atoms with Crippen LogP contribution in [-0.2, 0) is 4.79 Å². The number of allylic oxidation sites excluding steroid dienone is 2. The number of unbranched alkanes of at least 4 members (excludes halogenated alkanes) is 40. The van der Waals surface area contributed by atoms with Crippen molar-refractivity contribution in [2.75, 3.05) is 6.61 Å². The SMILES string of the molecule is CCCCCCCCCCCCCCCCCCCCCCCC/C=C/CCCC(O)C(O)C(CO)NC(=O)C(O)CCCCCCCCCCCCCCCCCCCC. The summed E-state index contributed by atoms with van der Waals surface area (Å²) in [6.07, 6.45) is 58.5. The molecule has 6 heteroatoms. The Morgan fingerprint density at radius 3 is 0.984 bits per heavy atom. The van der Waals surface area contributed by atoms with Gasteiger partial charge in [0.05, 0.1) is 18.8 Å². The molecule has 6 nitrogen and oxygen atoms in total. The van der Waals surface area contributed by atoms with Crippen LogP contribution in [0.2, 0.25) is 0 Å². The van der Waals surface area contributed by atoms with E-state index in [0.29, 0.717) is 12.8 Å². The quantitative estimate of drug-likeness (QED) is 0.0309. The molecule has 0 aromatic heterocycles. The second-order valence-corrected chi connectivity index (χ2v) is 19.3. The first kappa shape index (κ1) is 60.1. The Balaban J connectivity index is 3.63. The number of amides is 1. The van der Waals surface area contributed by atoms with Crippen LogP contribution in [0.25, 0.3) is 0 Å². The molecule has 0 aromatic carbocycles. The number of aliphatic hydroxyl groups is 4. The number of nitrogens with one attached hydrogen (secondary N) is 1. The summed E-state index contributed by atoms with van der Waals surface area (Å²) in [5, 5.41) is 43.9. The minimum Gasteiger partial charge on any atom is -0.394 e. The summed E-state index contributed by atoms with van der Waals surface area (Å²) in [5.41, 5.74) is 0. The average molecular weight is 864 g/mol. The summed E-state index contributed by atoms with van der Waals surface area (Å²) in [4.78, 5) is 12.6. The monoisotopic (exact) mass is 864 g/mol. The summed E-state index contributed by atoms with van der Waals surface area (Å²) in [7, 11) is 0. The molecule has 0 aromatic rings. The maximum Gasteiger partial charge on any atom is 0.249 e. The average Bonchev–Trinajstić information content (AvgIpc) is 3.26. The fourth-order valence-electron chi connectivity index (χ4n) is 8.88. The van der Waals surface area contributed by atoms with Gasteiger partial charge in [-0.2, -0.15) is 0 Å². The smallest absolute Gasteiger partial charge is 0.249 e. The number of carbonyl (C=O) groups excluding carboxylic acids is 1. The summed E-state index contributed by atoms with van der Waals surface area (Å²) in [6.45, 7) is 4.08. The van der Waals surface area contributed by atoms with Gasteiger partial charge in [-0.3, -0.25) is 4.79 Å². The molecule has 0 saturated carbocycles. The fraction of sp³-hybridized carbons (Fsp3) is 0.945. The first-order valence-corrected chi connectivity index (χ1v) is 27.6. The lowest BCUT2D eigenvalue weighted by molar-refractivity contribution is -0.132. The van der Waals surface area contributed by atoms with E-state index in [1.165, 1.54) is 238 Å². The highest BCUT2D eigenvalue weighted by molar-refractivity contribution is 5.80. The largest absolute Gasteiger partial charge is 0.394 e. The van der Waals surface area contributed by atoms with Crippen molar-refractivity contribution in [3.63, 3.8) is 0 Å². The molecule has 1 amide bonds. The summed E-state index contributed by atoms with van der Waals surface area (Å²) < 4.78 is 0. The molecule has 0 heterocycles. The molecule has 0 spiro atoms. The Labute approximate surface area is 381 Å². The van der Waals surface area contributed by atoms with Crippen molar-refractivity contribution in [1.82, 2.24) is 5.32 Å². The van der Waals surface area contributed by atoms with Crippen molar-refractivity contribution in [3.05, 3.63) is 12.2 Å².